The molecule has 0 N–H and O–H groups in total. The van der Waals surface area contributed by atoms with Gasteiger partial charge in [-0.25, -0.2) is 0 Å². The highest BCUT2D eigenvalue weighted by molar-refractivity contribution is 5.87. The van der Waals surface area contributed by atoms with Gasteiger partial charge < -0.3 is 9.64 Å². The van der Waals surface area contributed by atoms with Crippen LogP contribution in [0.4, 0.5) is 0 Å². The van der Waals surface area contributed by atoms with Crippen LogP contribution in [0.25, 0.3) is 0 Å². The molecule has 0 spiro atoms. The minimum Gasteiger partial charge on any atom is -0.367 e. The van der Waals surface area contributed by atoms with E-state index in [0.29, 0.717) is 30.9 Å². The summed E-state index contributed by atoms with van der Waals surface area (Å²) in [6.45, 7) is 4.72. The number of fused-ring (bicyclic) bond motifs is 2. The van der Waals surface area contributed by atoms with Gasteiger partial charge in [0.1, 0.15) is 5.60 Å². The van der Waals surface area contributed by atoms with Gasteiger partial charge in [0.15, 0.2) is 5.78 Å². The molecule has 0 radical (unpaired) electrons. The first-order valence-corrected chi connectivity index (χ1v) is 7.02. The zero-order chi connectivity index (χ0) is 12.5. The Labute approximate surface area is 105 Å². The van der Waals surface area contributed by atoms with Crippen molar-refractivity contribution in [2.24, 2.45) is 0 Å². The molecule has 0 aromatic carbocycles. The zero-order valence-electron chi connectivity index (χ0n) is 11.4. The predicted molar refractivity (Wildman–Crippen MR) is 68.1 cm³/mol. The Hall–Kier alpha value is -0.410. The second kappa shape index (κ2) is 5.07. The average Bonchev–Trinajstić information content (AvgIpc) is 2.54. The van der Waals surface area contributed by atoms with E-state index in [2.05, 4.69) is 18.9 Å². The predicted octanol–water partition coefficient (Wildman–Crippen LogP) is 2.39. The minimum absolute atomic E-state index is 0.340. The number of carbonyl (C=O) groups excluding carboxylic acids is 1. The molecule has 2 unspecified atom stereocenters. The molecule has 2 bridgehead atoms. The van der Waals surface area contributed by atoms with E-state index in [9.17, 15) is 4.79 Å². The zero-order valence-corrected chi connectivity index (χ0v) is 11.4. The molecule has 2 saturated heterocycles. The second-order valence-corrected chi connectivity index (χ2v) is 5.56. The first-order valence-electron chi connectivity index (χ1n) is 7.02. The Balaban J connectivity index is 2.16. The Morgan fingerprint density at radius 2 is 1.88 bits per heavy atom. The molecule has 0 saturated carbocycles. The van der Waals surface area contributed by atoms with Gasteiger partial charge in [0.2, 0.25) is 0 Å². The van der Waals surface area contributed by atoms with Crippen LogP contribution in [0.15, 0.2) is 0 Å². The summed E-state index contributed by atoms with van der Waals surface area (Å²) in [6, 6.07) is 1.11. The molecular weight excluding hydrogens is 214 g/mol. The van der Waals surface area contributed by atoms with Gasteiger partial charge in [-0.3, -0.25) is 4.79 Å². The van der Waals surface area contributed by atoms with E-state index in [-0.39, 0.29) is 0 Å². The van der Waals surface area contributed by atoms with Gasteiger partial charge in [-0.1, -0.05) is 6.92 Å². The maximum absolute atomic E-state index is 12.4. The Morgan fingerprint density at radius 1 is 1.29 bits per heavy atom. The van der Waals surface area contributed by atoms with E-state index in [1.54, 1.807) is 0 Å². The van der Waals surface area contributed by atoms with Crippen molar-refractivity contribution in [3.8, 4) is 0 Å². The number of carbonyl (C=O) groups is 1. The Morgan fingerprint density at radius 3 is 2.35 bits per heavy atom. The maximum Gasteiger partial charge on any atom is 0.164 e. The highest BCUT2D eigenvalue weighted by atomic mass is 16.5. The van der Waals surface area contributed by atoms with Crippen LogP contribution >= 0.6 is 0 Å². The summed E-state index contributed by atoms with van der Waals surface area (Å²) >= 11 is 0. The number of ketones is 1. The van der Waals surface area contributed by atoms with Crippen molar-refractivity contribution in [3.05, 3.63) is 0 Å². The second-order valence-electron chi connectivity index (χ2n) is 5.56. The van der Waals surface area contributed by atoms with Gasteiger partial charge in [-0.15, -0.1) is 0 Å². The summed E-state index contributed by atoms with van der Waals surface area (Å²) in [6.07, 6.45) is 5.88. The van der Waals surface area contributed by atoms with Gasteiger partial charge in [0.25, 0.3) is 0 Å². The fourth-order valence-electron chi connectivity index (χ4n) is 3.58. The number of hydrogen-bond donors (Lipinski definition) is 0. The lowest BCUT2D eigenvalue weighted by atomic mass is 9.81. The largest absolute Gasteiger partial charge is 0.367 e. The topological polar surface area (TPSA) is 29.5 Å². The van der Waals surface area contributed by atoms with Gasteiger partial charge in [0, 0.05) is 25.1 Å². The molecule has 0 aromatic rings. The summed E-state index contributed by atoms with van der Waals surface area (Å²) in [5.74, 6) is 0.340. The fourth-order valence-corrected chi connectivity index (χ4v) is 3.58. The van der Waals surface area contributed by atoms with Crippen molar-refractivity contribution < 1.29 is 9.53 Å². The third-order valence-electron chi connectivity index (χ3n) is 4.52. The molecule has 17 heavy (non-hydrogen) atoms. The summed E-state index contributed by atoms with van der Waals surface area (Å²) in [5.41, 5.74) is -0.455. The van der Waals surface area contributed by atoms with E-state index in [1.807, 2.05) is 6.92 Å². The first kappa shape index (κ1) is 13.0. The maximum atomic E-state index is 12.4. The summed E-state index contributed by atoms with van der Waals surface area (Å²) in [7, 11) is 2.20. The van der Waals surface area contributed by atoms with Gasteiger partial charge >= 0.3 is 0 Å². The Bertz CT molecular complexity index is 276. The molecule has 3 heteroatoms. The van der Waals surface area contributed by atoms with Crippen molar-refractivity contribution >= 4 is 5.78 Å². The lowest BCUT2D eigenvalue weighted by molar-refractivity contribution is -0.155. The van der Waals surface area contributed by atoms with Crippen LogP contribution in [-0.4, -0.2) is 42.0 Å². The monoisotopic (exact) mass is 239 g/mol. The van der Waals surface area contributed by atoms with Gasteiger partial charge in [-0.05, 0) is 46.1 Å². The SMILES string of the molecule is CCCC(=O)C1(OCC)CC2CCC(C1)N2C. The summed E-state index contributed by atoms with van der Waals surface area (Å²) < 4.78 is 5.94. The van der Waals surface area contributed by atoms with Crippen LogP contribution in [0, 0.1) is 0 Å². The van der Waals surface area contributed by atoms with Gasteiger partial charge in [0.05, 0.1) is 0 Å². The highest BCUT2D eigenvalue weighted by Gasteiger charge is 2.50. The van der Waals surface area contributed by atoms with Crippen molar-refractivity contribution in [1.29, 1.82) is 0 Å². The summed E-state index contributed by atoms with van der Waals surface area (Å²) in [4.78, 5) is 14.8. The third-order valence-corrected chi connectivity index (χ3v) is 4.52. The molecule has 2 aliphatic heterocycles. The van der Waals surface area contributed by atoms with Crippen LogP contribution in [0.2, 0.25) is 0 Å². The number of Topliss-reactive ketones (excluding diaryl/α,β-unsaturated/α-hetero) is 1. The standard InChI is InChI=1S/C14H25NO2/c1-4-6-13(16)14(17-5-2)9-11-7-8-12(10-14)15(11)3/h11-12H,4-10H2,1-3H3. The number of hydrogen-bond acceptors (Lipinski definition) is 3. The van der Waals surface area contributed by atoms with Crippen LogP contribution in [0.5, 0.6) is 0 Å². The fraction of sp³-hybridized carbons (Fsp3) is 0.929. The van der Waals surface area contributed by atoms with Crippen molar-refractivity contribution in [1.82, 2.24) is 4.90 Å². The van der Waals surface area contributed by atoms with Crippen LogP contribution in [-0.2, 0) is 9.53 Å². The van der Waals surface area contributed by atoms with Crippen molar-refractivity contribution in [3.63, 3.8) is 0 Å². The van der Waals surface area contributed by atoms with Crippen molar-refractivity contribution in [2.45, 2.75) is 70.1 Å². The third kappa shape index (κ3) is 2.27. The van der Waals surface area contributed by atoms with E-state index < -0.39 is 5.60 Å². The molecule has 2 atom stereocenters. The molecule has 0 amide bonds. The molecule has 2 rings (SSSR count). The van der Waals surface area contributed by atoms with E-state index in [4.69, 9.17) is 4.74 Å². The lowest BCUT2D eigenvalue weighted by Crippen LogP contribution is -2.54. The van der Waals surface area contributed by atoms with E-state index in [1.165, 1.54) is 12.8 Å². The molecule has 2 aliphatic rings. The molecule has 3 nitrogen and oxygen atoms in total. The lowest BCUT2D eigenvalue weighted by Gasteiger charge is -2.44. The van der Waals surface area contributed by atoms with E-state index >= 15 is 0 Å². The Kier molecular flexibility index (Phi) is 3.88. The highest BCUT2D eigenvalue weighted by Crippen LogP contribution is 2.42. The quantitative estimate of drug-likeness (QED) is 0.738. The number of nitrogens with zero attached hydrogens (tertiary/aromatic N) is 1. The van der Waals surface area contributed by atoms with Gasteiger partial charge in [-0.2, -0.15) is 0 Å². The smallest absolute Gasteiger partial charge is 0.164 e. The molecule has 2 fully saturated rings. The van der Waals surface area contributed by atoms with Crippen LogP contribution in [0.3, 0.4) is 0 Å². The first-order chi connectivity index (χ1) is 8.13. The molecule has 0 aromatic heterocycles. The average molecular weight is 239 g/mol. The molecule has 98 valence electrons. The van der Waals surface area contributed by atoms with Crippen molar-refractivity contribution in [2.75, 3.05) is 13.7 Å². The molecular formula is C14H25NO2. The number of ether oxygens (including phenoxy) is 1. The molecule has 2 heterocycles. The number of rotatable bonds is 5. The van der Waals surface area contributed by atoms with E-state index in [0.717, 1.165) is 19.3 Å². The number of piperidine rings is 1. The van der Waals surface area contributed by atoms with Crippen LogP contribution in [0.1, 0.15) is 52.4 Å². The molecule has 0 aliphatic carbocycles. The summed E-state index contributed by atoms with van der Waals surface area (Å²) in [5, 5.41) is 0. The minimum atomic E-state index is -0.455. The van der Waals surface area contributed by atoms with Crippen LogP contribution < -0.4 is 0 Å². The normalized spacial score (nSPS) is 37.4.